The molecule has 1 saturated carbocycles. The predicted octanol–water partition coefficient (Wildman–Crippen LogP) is 2.78. The van der Waals surface area contributed by atoms with Gasteiger partial charge in [-0.05, 0) is 38.0 Å². The summed E-state index contributed by atoms with van der Waals surface area (Å²) in [6, 6.07) is 0. The molecule has 0 amide bonds. The Bertz CT molecular complexity index is 232. The first-order valence-corrected chi connectivity index (χ1v) is 7.12. The Morgan fingerprint density at radius 1 is 1.12 bits per heavy atom. The third-order valence-corrected chi connectivity index (χ3v) is 3.79. The summed E-state index contributed by atoms with van der Waals surface area (Å²) in [4.78, 5) is 4.71. The number of hydrogen-bond acceptors (Lipinski definition) is 1. The third kappa shape index (κ3) is 4.57. The number of aliphatic imine (C=N–C) groups is 1. The van der Waals surface area contributed by atoms with E-state index in [0.29, 0.717) is 5.41 Å². The minimum absolute atomic E-state index is 0.340. The van der Waals surface area contributed by atoms with Gasteiger partial charge in [-0.2, -0.15) is 0 Å². The van der Waals surface area contributed by atoms with E-state index in [1.807, 2.05) is 0 Å². The van der Waals surface area contributed by atoms with Crippen LogP contribution in [0, 0.1) is 11.3 Å². The molecule has 0 radical (unpaired) electrons. The number of nitrogens with one attached hydrogen (secondary N) is 2. The molecule has 100 valence electrons. The Labute approximate surface area is 106 Å². The van der Waals surface area contributed by atoms with Gasteiger partial charge >= 0.3 is 0 Å². The number of hydrogen-bond donors (Lipinski definition) is 2. The average molecular weight is 239 g/mol. The zero-order chi connectivity index (χ0) is 12.7. The van der Waals surface area contributed by atoms with Crippen molar-refractivity contribution in [1.29, 1.82) is 0 Å². The summed E-state index contributed by atoms with van der Waals surface area (Å²) in [5, 5.41) is 6.57. The van der Waals surface area contributed by atoms with Crippen molar-refractivity contribution in [2.24, 2.45) is 16.3 Å². The second-order valence-corrected chi connectivity index (χ2v) is 5.70. The van der Waals surface area contributed by atoms with Crippen LogP contribution in [0.5, 0.6) is 0 Å². The molecule has 1 rings (SSSR count). The van der Waals surface area contributed by atoms with Gasteiger partial charge in [-0.1, -0.05) is 26.7 Å². The SMILES string of the molecule is CCNC(=NCC(C)(C)C1CCCC1)NCC. The molecule has 0 bridgehead atoms. The maximum absolute atomic E-state index is 4.71. The molecule has 1 aliphatic rings. The molecule has 3 heteroatoms. The van der Waals surface area contributed by atoms with E-state index < -0.39 is 0 Å². The highest BCUT2D eigenvalue weighted by Gasteiger charge is 2.31. The fourth-order valence-corrected chi connectivity index (χ4v) is 2.63. The quantitative estimate of drug-likeness (QED) is 0.572. The second-order valence-electron chi connectivity index (χ2n) is 5.70. The standard InChI is InChI=1S/C14H29N3/c1-5-15-13(16-6-2)17-11-14(3,4)12-9-7-8-10-12/h12H,5-11H2,1-4H3,(H2,15,16,17). The van der Waals surface area contributed by atoms with Crippen LogP contribution in [-0.2, 0) is 0 Å². The molecule has 0 unspecified atom stereocenters. The monoisotopic (exact) mass is 239 g/mol. The van der Waals surface area contributed by atoms with Crippen LogP contribution in [-0.4, -0.2) is 25.6 Å². The summed E-state index contributed by atoms with van der Waals surface area (Å²) in [5.74, 6) is 1.82. The van der Waals surface area contributed by atoms with Crippen LogP contribution in [0.4, 0.5) is 0 Å². The van der Waals surface area contributed by atoms with Crippen LogP contribution >= 0.6 is 0 Å². The highest BCUT2D eigenvalue weighted by atomic mass is 15.2. The van der Waals surface area contributed by atoms with E-state index in [2.05, 4.69) is 38.3 Å². The average Bonchev–Trinajstić information content (AvgIpc) is 2.81. The minimum Gasteiger partial charge on any atom is -0.357 e. The van der Waals surface area contributed by atoms with Gasteiger partial charge in [0.15, 0.2) is 5.96 Å². The van der Waals surface area contributed by atoms with Gasteiger partial charge in [0.05, 0.1) is 0 Å². The summed E-state index contributed by atoms with van der Waals surface area (Å²) < 4.78 is 0. The maximum Gasteiger partial charge on any atom is 0.191 e. The van der Waals surface area contributed by atoms with Crippen LogP contribution in [0.3, 0.4) is 0 Å². The van der Waals surface area contributed by atoms with Gasteiger partial charge in [0, 0.05) is 19.6 Å². The summed E-state index contributed by atoms with van der Waals surface area (Å²) >= 11 is 0. The van der Waals surface area contributed by atoms with Gasteiger partial charge in [-0.15, -0.1) is 0 Å². The number of nitrogens with zero attached hydrogens (tertiary/aromatic N) is 1. The topological polar surface area (TPSA) is 36.4 Å². The van der Waals surface area contributed by atoms with E-state index in [9.17, 15) is 0 Å². The van der Waals surface area contributed by atoms with Gasteiger partial charge in [-0.3, -0.25) is 4.99 Å². The predicted molar refractivity (Wildman–Crippen MR) is 75.4 cm³/mol. The van der Waals surface area contributed by atoms with Crippen LogP contribution in [0.1, 0.15) is 53.4 Å². The van der Waals surface area contributed by atoms with Gasteiger partial charge in [0.2, 0.25) is 0 Å². The fourth-order valence-electron chi connectivity index (χ4n) is 2.63. The molecule has 0 atom stereocenters. The Morgan fingerprint density at radius 3 is 2.12 bits per heavy atom. The summed E-state index contributed by atoms with van der Waals surface area (Å²) in [5.41, 5.74) is 0.340. The minimum atomic E-state index is 0.340. The Morgan fingerprint density at radius 2 is 1.65 bits per heavy atom. The van der Waals surface area contributed by atoms with Crippen molar-refractivity contribution in [2.45, 2.75) is 53.4 Å². The first kappa shape index (κ1) is 14.3. The van der Waals surface area contributed by atoms with Crippen molar-refractivity contribution >= 4 is 5.96 Å². The lowest BCUT2D eigenvalue weighted by Gasteiger charge is -2.30. The van der Waals surface area contributed by atoms with E-state index >= 15 is 0 Å². The summed E-state index contributed by atoms with van der Waals surface area (Å²) in [6.07, 6.45) is 5.59. The van der Waals surface area contributed by atoms with E-state index in [-0.39, 0.29) is 0 Å². The van der Waals surface area contributed by atoms with Crippen molar-refractivity contribution in [3.05, 3.63) is 0 Å². The zero-order valence-corrected chi connectivity index (χ0v) is 12.0. The number of guanidine groups is 1. The molecule has 0 heterocycles. The van der Waals surface area contributed by atoms with E-state index in [4.69, 9.17) is 4.99 Å². The molecular weight excluding hydrogens is 210 g/mol. The van der Waals surface area contributed by atoms with Gasteiger partial charge in [0.25, 0.3) is 0 Å². The first-order chi connectivity index (χ1) is 8.10. The van der Waals surface area contributed by atoms with Crippen molar-refractivity contribution in [2.75, 3.05) is 19.6 Å². The Hall–Kier alpha value is -0.730. The molecule has 2 N–H and O–H groups in total. The summed E-state index contributed by atoms with van der Waals surface area (Å²) in [6.45, 7) is 11.7. The smallest absolute Gasteiger partial charge is 0.191 e. The molecule has 0 aromatic rings. The molecule has 1 aliphatic carbocycles. The van der Waals surface area contributed by atoms with Gasteiger partial charge < -0.3 is 10.6 Å². The molecule has 0 spiro atoms. The first-order valence-electron chi connectivity index (χ1n) is 7.12. The molecule has 3 nitrogen and oxygen atoms in total. The van der Waals surface area contributed by atoms with Crippen molar-refractivity contribution < 1.29 is 0 Å². The molecule has 0 aliphatic heterocycles. The lowest BCUT2D eigenvalue weighted by molar-refractivity contribution is 0.227. The molecule has 17 heavy (non-hydrogen) atoms. The molecule has 0 saturated heterocycles. The van der Waals surface area contributed by atoms with Crippen molar-refractivity contribution in [3.8, 4) is 0 Å². The van der Waals surface area contributed by atoms with Crippen LogP contribution < -0.4 is 10.6 Å². The van der Waals surface area contributed by atoms with Crippen LogP contribution in [0.25, 0.3) is 0 Å². The third-order valence-electron chi connectivity index (χ3n) is 3.79. The lowest BCUT2D eigenvalue weighted by Crippen LogP contribution is -2.38. The van der Waals surface area contributed by atoms with E-state index in [1.54, 1.807) is 0 Å². The molecule has 0 aromatic heterocycles. The maximum atomic E-state index is 4.71. The van der Waals surface area contributed by atoms with Crippen molar-refractivity contribution in [1.82, 2.24) is 10.6 Å². The lowest BCUT2D eigenvalue weighted by atomic mass is 9.78. The van der Waals surface area contributed by atoms with Crippen LogP contribution in [0.2, 0.25) is 0 Å². The fraction of sp³-hybridized carbons (Fsp3) is 0.929. The van der Waals surface area contributed by atoms with Crippen LogP contribution in [0.15, 0.2) is 4.99 Å². The second kappa shape index (κ2) is 6.87. The van der Waals surface area contributed by atoms with Gasteiger partial charge in [-0.25, -0.2) is 0 Å². The highest BCUT2D eigenvalue weighted by Crippen LogP contribution is 2.39. The molecule has 1 fully saturated rings. The van der Waals surface area contributed by atoms with E-state index in [0.717, 1.165) is 31.5 Å². The van der Waals surface area contributed by atoms with E-state index in [1.165, 1.54) is 25.7 Å². The van der Waals surface area contributed by atoms with Crippen molar-refractivity contribution in [3.63, 3.8) is 0 Å². The molecule has 0 aromatic carbocycles. The normalized spacial score (nSPS) is 16.9. The Kier molecular flexibility index (Phi) is 5.79. The zero-order valence-electron chi connectivity index (χ0n) is 12.0. The largest absolute Gasteiger partial charge is 0.357 e. The van der Waals surface area contributed by atoms with Gasteiger partial charge in [0.1, 0.15) is 0 Å². The number of rotatable bonds is 5. The summed E-state index contributed by atoms with van der Waals surface area (Å²) in [7, 11) is 0. The molecular formula is C14H29N3. The highest BCUT2D eigenvalue weighted by molar-refractivity contribution is 5.79. The Balaban J connectivity index is 2.51.